The molecule has 4 heterocycles. The molecule has 0 radical (unpaired) electrons. The number of benzene rings is 1. The number of anilines is 2. The zero-order valence-corrected chi connectivity index (χ0v) is 20.2. The summed E-state index contributed by atoms with van der Waals surface area (Å²) < 4.78 is 30.0. The lowest BCUT2D eigenvalue weighted by Crippen LogP contribution is -2.32. The summed E-state index contributed by atoms with van der Waals surface area (Å²) in [6.45, 7) is 6.43. The lowest BCUT2D eigenvalue weighted by atomic mass is 10.0. The Labute approximate surface area is 205 Å². The molecule has 0 bridgehead atoms. The minimum atomic E-state index is -3.04. The number of nitrogens with zero attached hydrogens (tertiary/aromatic N) is 5. The summed E-state index contributed by atoms with van der Waals surface area (Å²) in [6, 6.07) is 8.72. The lowest BCUT2D eigenvalue weighted by Gasteiger charge is -2.23. The Morgan fingerprint density at radius 2 is 1.97 bits per heavy atom. The molecule has 0 fully saturated rings. The number of hydrogen-bond acceptors (Lipinski definition) is 7. The maximum absolute atomic E-state index is 13.5. The van der Waals surface area contributed by atoms with Gasteiger partial charge >= 0.3 is 0 Å². The van der Waals surface area contributed by atoms with Crippen molar-refractivity contribution in [3.05, 3.63) is 69.9 Å². The van der Waals surface area contributed by atoms with E-state index in [0.29, 0.717) is 17.3 Å². The molecule has 0 saturated carbocycles. The van der Waals surface area contributed by atoms with Crippen LogP contribution in [-0.4, -0.2) is 42.4 Å². The van der Waals surface area contributed by atoms with E-state index in [0.717, 1.165) is 32.1 Å². The van der Waals surface area contributed by atoms with Gasteiger partial charge in [0.05, 0.1) is 11.4 Å². The highest BCUT2D eigenvalue weighted by atomic mass is 19.3. The average molecular weight is 496 g/mol. The van der Waals surface area contributed by atoms with Crippen LogP contribution in [0.3, 0.4) is 0 Å². The van der Waals surface area contributed by atoms with Crippen molar-refractivity contribution in [1.29, 1.82) is 0 Å². The number of rotatable bonds is 6. The van der Waals surface area contributed by atoms with Crippen LogP contribution in [-0.2, 0) is 18.6 Å². The molecular weight excluding hydrogens is 468 g/mol. The summed E-state index contributed by atoms with van der Waals surface area (Å²) in [4.78, 5) is 26.2. The molecule has 1 aromatic carbocycles. The Morgan fingerprint density at radius 1 is 1.17 bits per heavy atom. The Bertz CT molecular complexity index is 1490. The van der Waals surface area contributed by atoms with Gasteiger partial charge in [0.1, 0.15) is 5.39 Å². The van der Waals surface area contributed by atoms with E-state index in [4.69, 9.17) is 0 Å². The van der Waals surface area contributed by atoms with Crippen LogP contribution in [0.2, 0.25) is 0 Å². The van der Waals surface area contributed by atoms with Crippen LogP contribution in [0.5, 0.6) is 0 Å². The average Bonchev–Trinajstić information content (AvgIpc) is 3.16. The first-order valence-electron chi connectivity index (χ1n) is 11.7. The van der Waals surface area contributed by atoms with Crippen molar-refractivity contribution in [1.82, 2.24) is 29.6 Å². The third kappa shape index (κ3) is 4.14. The summed E-state index contributed by atoms with van der Waals surface area (Å²) in [5, 5.41) is 17.1. The molecule has 11 heteroatoms. The standard InChI is InChI=1S/C25H27F2N7O2/c1-14(2)33-22(35)19-13-30-24(31-17-5-4-16-12-28-8-6-15(16)10-17)32-21(19)34(33)18-7-9-29-20(11-18)25(3,36)23(26)27/h4-5,7,9-11,13-14,23,28,36H,6,8,12H2,1-3H3,(H,30,31,32). The Balaban J connectivity index is 1.62. The van der Waals surface area contributed by atoms with Crippen LogP contribution in [0.25, 0.3) is 16.7 Å². The SMILES string of the molecule is CC(C)n1c(=O)c2cnc(Nc3ccc4c(c3)CCNC4)nc2n1-c1ccnc(C(C)(O)C(F)F)c1. The fourth-order valence-corrected chi connectivity index (χ4v) is 4.40. The molecule has 0 aliphatic carbocycles. The van der Waals surface area contributed by atoms with Gasteiger partial charge in [-0.2, -0.15) is 4.98 Å². The first-order chi connectivity index (χ1) is 17.2. The normalized spacial score (nSPS) is 15.3. The fourth-order valence-electron chi connectivity index (χ4n) is 4.40. The smallest absolute Gasteiger partial charge is 0.278 e. The molecule has 36 heavy (non-hydrogen) atoms. The van der Waals surface area contributed by atoms with Crippen LogP contribution in [0.15, 0.2) is 47.5 Å². The second kappa shape index (κ2) is 9.07. The molecule has 0 saturated heterocycles. The highest BCUT2D eigenvalue weighted by Crippen LogP contribution is 2.29. The summed E-state index contributed by atoms with van der Waals surface area (Å²) in [7, 11) is 0. The van der Waals surface area contributed by atoms with Gasteiger partial charge in [-0.05, 0) is 69.1 Å². The fraction of sp³-hybridized carbons (Fsp3) is 0.360. The van der Waals surface area contributed by atoms with Crippen LogP contribution < -0.4 is 16.2 Å². The van der Waals surface area contributed by atoms with E-state index in [1.165, 1.54) is 34.3 Å². The predicted octanol–water partition coefficient (Wildman–Crippen LogP) is 3.42. The van der Waals surface area contributed by atoms with Crippen LogP contribution in [0.4, 0.5) is 20.4 Å². The number of alkyl halides is 2. The van der Waals surface area contributed by atoms with Crippen molar-refractivity contribution >= 4 is 22.7 Å². The van der Waals surface area contributed by atoms with Gasteiger partial charge < -0.3 is 15.7 Å². The number of pyridine rings is 1. The van der Waals surface area contributed by atoms with Gasteiger partial charge in [-0.15, -0.1) is 0 Å². The van der Waals surface area contributed by atoms with Gasteiger partial charge in [0.25, 0.3) is 12.0 Å². The molecule has 1 aliphatic rings. The van der Waals surface area contributed by atoms with Crippen molar-refractivity contribution in [3.8, 4) is 5.69 Å². The lowest BCUT2D eigenvalue weighted by molar-refractivity contribution is -0.0910. The second-order valence-electron chi connectivity index (χ2n) is 9.37. The molecule has 3 aromatic heterocycles. The van der Waals surface area contributed by atoms with E-state index in [2.05, 4.69) is 37.7 Å². The number of hydrogen-bond donors (Lipinski definition) is 3. The summed E-state index contributed by atoms with van der Waals surface area (Å²) in [5.74, 6) is 0.292. The van der Waals surface area contributed by atoms with Gasteiger partial charge in [0.2, 0.25) is 5.95 Å². The van der Waals surface area contributed by atoms with Gasteiger partial charge in [-0.25, -0.2) is 23.1 Å². The maximum Gasteiger partial charge on any atom is 0.278 e. The van der Waals surface area contributed by atoms with Crippen molar-refractivity contribution in [2.75, 3.05) is 11.9 Å². The second-order valence-corrected chi connectivity index (χ2v) is 9.37. The molecule has 0 spiro atoms. The first kappa shape index (κ1) is 24.0. The summed E-state index contributed by atoms with van der Waals surface area (Å²) >= 11 is 0. The van der Waals surface area contributed by atoms with Gasteiger partial charge in [-0.3, -0.25) is 9.78 Å². The monoisotopic (exact) mass is 495 g/mol. The van der Waals surface area contributed by atoms with Crippen LogP contribution in [0, 0.1) is 0 Å². The first-order valence-corrected chi connectivity index (χ1v) is 11.7. The highest BCUT2D eigenvalue weighted by Gasteiger charge is 2.36. The molecular formula is C25H27F2N7O2. The number of aliphatic hydroxyl groups is 1. The Morgan fingerprint density at radius 3 is 2.72 bits per heavy atom. The molecule has 3 N–H and O–H groups in total. The predicted molar refractivity (Wildman–Crippen MR) is 132 cm³/mol. The van der Waals surface area contributed by atoms with Crippen LogP contribution >= 0.6 is 0 Å². The van der Waals surface area contributed by atoms with E-state index in [-0.39, 0.29) is 22.7 Å². The van der Waals surface area contributed by atoms with E-state index in [9.17, 15) is 18.7 Å². The van der Waals surface area contributed by atoms with E-state index < -0.39 is 12.0 Å². The topological polar surface area (TPSA) is 110 Å². The van der Waals surface area contributed by atoms with Crippen molar-refractivity contribution in [3.63, 3.8) is 0 Å². The quantitative estimate of drug-likeness (QED) is 0.376. The van der Waals surface area contributed by atoms with Gasteiger partial charge in [0.15, 0.2) is 11.2 Å². The summed E-state index contributed by atoms with van der Waals surface area (Å²) in [5.41, 5.74) is 1.02. The minimum Gasteiger partial charge on any atom is -0.378 e. The molecule has 5 rings (SSSR count). The Kier molecular flexibility index (Phi) is 6.05. The molecule has 0 amide bonds. The summed E-state index contributed by atoms with van der Waals surface area (Å²) in [6.07, 6.45) is 0.667. The minimum absolute atomic E-state index is 0.212. The molecule has 1 aliphatic heterocycles. The largest absolute Gasteiger partial charge is 0.378 e. The zero-order chi connectivity index (χ0) is 25.6. The van der Waals surface area contributed by atoms with Gasteiger partial charge in [0, 0.05) is 30.7 Å². The van der Waals surface area contributed by atoms with Crippen LogP contribution in [0.1, 0.15) is 43.6 Å². The number of nitrogens with one attached hydrogen (secondary N) is 2. The molecule has 4 aromatic rings. The molecule has 188 valence electrons. The number of fused-ring (bicyclic) bond motifs is 2. The Hall–Kier alpha value is -3.70. The highest BCUT2D eigenvalue weighted by molar-refractivity contribution is 5.77. The van der Waals surface area contributed by atoms with Gasteiger partial charge in [-0.1, -0.05) is 6.07 Å². The third-order valence-corrected chi connectivity index (χ3v) is 6.39. The van der Waals surface area contributed by atoms with Crippen molar-refractivity contribution < 1.29 is 13.9 Å². The molecule has 1 atom stereocenters. The maximum atomic E-state index is 13.5. The number of aromatic nitrogens is 5. The van der Waals surface area contributed by atoms with Crippen molar-refractivity contribution in [2.24, 2.45) is 0 Å². The van der Waals surface area contributed by atoms with Crippen molar-refractivity contribution in [2.45, 2.75) is 51.8 Å². The zero-order valence-electron chi connectivity index (χ0n) is 20.2. The van der Waals surface area contributed by atoms with E-state index in [1.54, 1.807) is 10.7 Å². The van der Waals surface area contributed by atoms with E-state index >= 15 is 0 Å². The van der Waals surface area contributed by atoms with E-state index in [1.807, 2.05) is 19.9 Å². The third-order valence-electron chi connectivity index (χ3n) is 6.39. The molecule has 1 unspecified atom stereocenters. The molecule has 9 nitrogen and oxygen atoms in total. The number of halogens is 2.